The maximum Gasteiger partial charge on any atom is 0.0112 e. The van der Waals surface area contributed by atoms with E-state index in [4.69, 9.17) is 0 Å². The smallest absolute Gasteiger partial charge is 0.0112 e. The van der Waals surface area contributed by atoms with E-state index in [1.165, 1.54) is 4.88 Å². The summed E-state index contributed by atoms with van der Waals surface area (Å²) < 4.78 is 0. The normalized spacial score (nSPS) is 14.8. The molecule has 1 heterocycles. The van der Waals surface area contributed by atoms with Crippen LogP contribution in [-0.4, -0.2) is 36.6 Å². The van der Waals surface area contributed by atoms with Crippen molar-refractivity contribution in [1.29, 1.82) is 0 Å². The molecule has 2 nitrogen and oxygen atoms in total. The maximum atomic E-state index is 3.63. The molecular formula is C17H32N2S. The topological polar surface area (TPSA) is 15.3 Å². The number of hydrogen-bond acceptors (Lipinski definition) is 3. The Morgan fingerprint density at radius 2 is 1.90 bits per heavy atom. The van der Waals surface area contributed by atoms with Gasteiger partial charge in [-0.15, -0.1) is 11.3 Å². The lowest BCUT2D eigenvalue weighted by atomic mass is 9.90. The van der Waals surface area contributed by atoms with Crippen LogP contribution in [0.5, 0.6) is 0 Å². The molecule has 0 amide bonds. The van der Waals surface area contributed by atoms with Gasteiger partial charge in [0, 0.05) is 29.5 Å². The van der Waals surface area contributed by atoms with Crippen LogP contribution in [0.4, 0.5) is 0 Å². The molecule has 0 saturated carbocycles. The van der Waals surface area contributed by atoms with Crippen molar-refractivity contribution in [3.8, 4) is 0 Å². The summed E-state index contributed by atoms with van der Waals surface area (Å²) in [5, 5.41) is 5.79. The first kappa shape index (κ1) is 17.7. The van der Waals surface area contributed by atoms with Gasteiger partial charge in [0.05, 0.1) is 0 Å². The van der Waals surface area contributed by atoms with E-state index < -0.39 is 0 Å². The zero-order valence-electron chi connectivity index (χ0n) is 14.3. The minimum atomic E-state index is 0.193. The highest BCUT2D eigenvalue weighted by atomic mass is 32.1. The van der Waals surface area contributed by atoms with Crippen molar-refractivity contribution in [2.45, 2.75) is 59.5 Å². The summed E-state index contributed by atoms with van der Waals surface area (Å²) >= 11 is 1.86. The molecule has 20 heavy (non-hydrogen) atoms. The van der Waals surface area contributed by atoms with Crippen molar-refractivity contribution in [3.63, 3.8) is 0 Å². The Kier molecular flexibility index (Phi) is 6.24. The van der Waals surface area contributed by atoms with Crippen molar-refractivity contribution >= 4 is 11.3 Å². The highest BCUT2D eigenvalue weighted by Gasteiger charge is 2.24. The van der Waals surface area contributed by atoms with Crippen molar-refractivity contribution in [3.05, 3.63) is 22.4 Å². The van der Waals surface area contributed by atoms with Crippen LogP contribution in [-0.2, 0) is 6.42 Å². The predicted octanol–water partition coefficient (Wildman–Crippen LogP) is 4.03. The standard InChI is InChI=1S/C17H32N2S/c1-14(11-15-9-8-10-20-15)19(7)13-17(5,6)12-18-16(2,3)4/h8-10,14,18H,11-13H2,1-7H3. The number of nitrogens with zero attached hydrogens (tertiary/aromatic N) is 1. The Labute approximate surface area is 129 Å². The summed E-state index contributed by atoms with van der Waals surface area (Å²) in [7, 11) is 2.25. The zero-order chi connectivity index (χ0) is 15.4. The first-order valence-corrected chi connectivity index (χ1v) is 8.45. The van der Waals surface area contributed by atoms with Crippen LogP contribution in [0, 0.1) is 5.41 Å². The quantitative estimate of drug-likeness (QED) is 0.817. The van der Waals surface area contributed by atoms with E-state index in [2.05, 4.69) is 76.3 Å². The molecule has 1 unspecified atom stereocenters. The van der Waals surface area contributed by atoms with E-state index >= 15 is 0 Å². The molecule has 0 fully saturated rings. The second-order valence-electron chi connectivity index (χ2n) is 7.82. The van der Waals surface area contributed by atoms with Gasteiger partial charge in [-0.3, -0.25) is 0 Å². The SMILES string of the molecule is CC(Cc1cccs1)N(C)CC(C)(C)CNC(C)(C)C. The summed E-state index contributed by atoms with van der Waals surface area (Å²) in [6, 6.07) is 4.97. The van der Waals surface area contributed by atoms with Crippen LogP contribution in [0.15, 0.2) is 17.5 Å². The van der Waals surface area contributed by atoms with Gasteiger partial charge in [-0.1, -0.05) is 19.9 Å². The maximum absolute atomic E-state index is 3.63. The highest BCUT2D eigenvalue weighted by Crippen LogP contribution is 2.20. The lowest BCUT2D eigenvalue weighted by Crippen LogP contribution is -2.47. The van der Waals surface area contributed by atoms with Gasteiger partial charge in [0.15, 0.2) is 0 Å². The van der Waals surface area contributed by atoms with E-state index in [9.17, 15) is 0 Å². The molecule has 1 rings (SSSR count). The van der Waals surface area contributed by atoms with Gasteiger partial charge in [-0.05, 0) is 58.0 Å². The predicted molar refractivity (Wildman–Crippen MR) is 91.7 cm³/mol. The van der Waals surface area contributed by atoms with Gasteiger partial charge >= 0.3 is 0 Å². The van der Waals surface area contributed by atoms with Gasteiger partial charge < -0.3 is 10.2 Å². The molecule has 0 aliphatic carbocycles. The Balaban J connectivity index is 2.44. The Morgan fingerprint density at radius 3 is 2.40 bits per heavy atom. The number of nitrogens with one attached hydrogen (secondary N) is 1. The molecule has 0 radical (unpaired) electrons. The fourth-order valence-electron chi connectivity index (χ4n) is 2.27. The molecule has 116 valence electrons. The minimum absolute atomic E-state index is 0.193. The van der Waals surface area contributed by atoms with Crippen LogP contribution in [0.2, 0.25) is 0 Å². The van der Waals surface area contributed by atoms with Crippen molar-refractivity contribution in [2.75, 3.05) is 20.1 Å². The summed E-state index contributed by atoms with van der Waals surface area (Å²) in [6.45, 7) is 15.9. The van der Waals surface area contributed by atoms with E-state index in [-0.39, 0.29) is 11.0 Å². The van der Waals surface area contributed by atoms with E-state index in [1.54, 1.807) is 0 Å². The Hall–Kier alpha value is -0.380. The lowest BCUT2D eigenvalue weighted by molar-refractivity contribution is 0.157. The fraction of sp³-hybridized carbons (Fsp3) is 0.765. The molecule has 1 N–H and O–H groups in total. The average Bonchev–Trinajstić information content (AvgIpc) is 2.78. The lowest BCUT2D eigenvalue weighted by Gasteiger charge is -2.36. The Morgan fingerprint density at radius 1 is 1.25 bits per heavy atom. The molecule has 1 aromatic heterocycles. The van der Waals surface area contributed by atoms with Crippen LogP contribution in [0.3, 0.4) is 0 Å². The van der Waals surface area contributed by atoms with Crippen molar-refractivity contribution in [1.82, 2.24) is 10.2 Å². The summed E-state index contributed by atoms with van der Waals surface area (Å²) in [6.07, 6.45) is 1.15. The Bertz CT molecular complexity index is 376. The molecule has 0 bridgehead atoms. The van der Waals surface area contributed by atoms with E-state index in [0.29, 0.717) is 6.04 Å². The number of likely N-dealkylation sites (N-methyl/N-ethyl adjacent to an activating group) is 1. The molecule has 3 heteroatoms. The van der Waals surface area contributed by atoms with Gasteiger partial charge in [0.1, 0.15) is 0 Å². The van der Waals surface area contributed by atoms with Gasteiger partial charge in [0.2, 0.25) is 0 Å². The van der Waals surface area contributed by atoms with Gasteiger partial charge in [-0.2, -0.15) is 0 Å². The minimum Gasteiger partial charge on any atom is -0.311 e. The fourth-order valence-corrected chi connectivity index (χ4v) is 3.09. The molecule has 0 saturated heterocycles. The van der Waals surface area contributed by atoms with Crippen molar-refractivity contribution in [2.24, 2.45) is 5.41 Å². The third kappa shape index (κ3) is 6.87. The molecule has 1 aromatic rings. The summed E-state index contributed by atoms with van der Waals surface area (Å²) in [5.74, 6) is 0. The molecule has 1 atom stereocenters. The first-order chi connectivity index (χ1) is 9.09. The first-order valence-electron chi connectivity index (χ1n) is 7.57. The van der Waals surface area contributed by atoms with Crippen LogP contribution in [0.1, 0.15) is 46.4 Å². The van der Waals surface area contributed by atoms with E-state index in [0.717, 1.165) is 19.5 Å². The molecule has 0 aromatic carbocycles. The third-order valence-electron chi connectivity index (χ3n) is 3.60. The van der Waals surface area contributed by atoms with Crippen molar-refractivity contribution < 1.29 is 0 Å². The summed E-state index contributed by atoms with van der Waals surface area (Å²) in [4.78, 5) is 3.97. The number of hydrogen-bond donors (Lipinski definition) is 1. The average molecular weight is 297 g/mol. The van der Waals surface area contributed by atoms with Gasteiger partial charge in [0.25, 0.3) is 0 Å². The van der Waals surface area contributed by atoms with Crippen LogP contribution >= 0.6 is 11.3 Å². The molecular weight excluding hydrogens is 264 g/mol. The molecule has 0 spiro atoms. The highest BCUT2D eigenvalue weighted by molar-refractivity contribution is 7.09. The zero-order valence-corrected chi connectivity index (χ0v) is 15.1. The van der Waals surface area contributed by atoms with Crippen LogP contribution in [0.25, 0.3) is 0 Å². The molecule has 0 aliphatic rings. The number of thiophene rings is 1. The summed E-state index contributed by atoms with van der Waals surface area (Å²) in [5.41, 5.74) is 0.476. The molecule has 0 aliphatic heterocycles. The van der Waals surface area contributed by atoms with E-state index in [1.807, 2.05) is 11.3 Å². The third-order valence-corrected chi connectivity index (χ3v) is 4.50. The second-order valence-corrected chi connectivity index (χ2v) is 8.85. The number of rotatable bonds is 7. The van der Waals surface area contributed by atoms with Crippen LogP contribution < -0.4 is 5.32 Å². The monoisotopic (exact) mass is 296 g/mol. The largest absolute Gasteiger partial charge is 0.311 e. The second kappa shape index (κ2) is 7.06. The van der Waals surface area contributed by atoms with Gasteiger partial charge in [-0.25, -0.2) is 0 Å².